The van der Waals surface area contributed by atoms with Gasteiger partial charge < -0.3 is 10.2 Å². The lowest BCUT2D eigenvalue weighted by Gasteiger charge is -2.63. The first-order valence-electron chi connectivity index (χ1n) is 13.0. The van der Waals surface area contributed by atoms with Crippen molar-refractivity contribution in [1.82, 2.24) is 10.0 Å². The molecule has 2 heterocycles. The number of Topliss-reactive ketones (excluding diaryl/α,β-unsaturated/α-hetero) is 1. The molecule has 9 unspecified atom stereocenters. The summed E-state index contributed by atoms with van der Waals surface area (Å²) in [6, 6.07) is 5.51. The molecule has 1 aromatic rings. The van der Waals surface area contributed by atoms with Crippen molar-refractivity contribution in [2.75, 3.05) is 13.2 Å². The minimum Gasteiger partial charge on any atom is -0.390 e. The van der Waals surface area contributed by atoms with E-state index >= 15 is 8.78 Å². The van der Waals surface area contributed by atoms with Crippen LogP contribution in [0.5, 0.6) is 0 Å². The molecule has 6 rings (SSSR count). The molecule has 0 amide bonds. The van der Waals surface area contributed by atoms with Crippen LogP contribution in [0.4, 0.5) is 8.78 Å². The van der Waals surface area contributed by atoms with Gasteiger partial charge in [-0.1, -0.05) is 19.1 Å². The van der Waals surface area contributed by atoms with Gasteiger partial charge in [0.15, 0.2) is 22.8 Å². The minimum absolute atomic E-state index is 0.0681. The Kier molecular flexibility index (Phi) is 5.46. The molecule has 198 valence electrons. The van der Waals surface area contributed by atoms with Gasteiger partial charge >= 0.3 is 0 Å². The zero-order chi connectivity index (χ0) is 26.4. The van der Waals surface area contributed by atoms with Gasteiger partial charge in [0.1, 0.15) is 12.8 Å². The Bertz CT molecular complexity index is 1210. The number of nitrogens with zero attached hydrogens (tertiary/aromatic N) is 2. The maximum atomic E-state index is 17.4. The van der Waals surface area contributed by atoms with Gasteiger partial charge in [0.05, 0.1) is 18.3 Å². The van der Waals surface area contributed by atoms with Crippen molar-refractivity contribution in [2.24, 2.45) is 28.6 Å². The number of carbonyl (C=O) groups is 2. The third-order valence-electron chi connectivity index (χ3n) is 10.3. The van der Waals surface area contributed by atoms with Crippen LogP contribution in [0.1, 0.15) is 38.8 Å². The number of aromatic nitrogens is 1. The van der Waals surface area contributed by atoms with Crippen molar-refractivity contribution in [3.63, 3.8) is 0 Å². The Balaban J connectivity index is 1.41. The number of allylic oxidation sites excluding steroid dienone is 4. The average molecular weight is 515 g/mol. The molecule has 2 N–H and O–H groups in total. The van der Waals surface area contributed by atoms with E-state index in [0.717, 1.165) is 5.69 Å². The first kappa shape index (κ1) is 25.0. The number of hydrogen-bond donors (Lipinski definition) is 2. The highest BCUT2D eigenvalue weighted by Crippen LogP contribution is 2.72. The summed E-state index contributed by atoms with van der Waals surface area (Å²) in [6.07, 6.45) is 2.53. The van der Waals surface area contributed by atoms with Crippen LogP contribution in [0, 0.1) is 28.6 Å². The van der Waals surface area contributed by atoms with Crippen molar-refractivity contribution in [1.29, 1.82) is 0 Å². The number of aliphatic hydroxyl groups is 2. The van der Waals surface area contributed by atoms with Gasteiger partial charge in [-0.25, -0.2) is 8.78 Å². The highest BCUT2D eigenvalue weighted by atomic mass is 19.1. The minimum atomic E-state index is -2.22. The van der Waals surface area contributed by atoms with Crippen molar-refractivity contribution in [3.05, 3.63) is 53.9 Å². The molecule has 7 nitrogen and oxygen atoms in total. The van der Waals surface area contributed by atoms with Crippen LogP contribution >= 0.6 is 0 Å². The lowest BCUT2D eigenvalue weighted by atomic mass is 9.44. The molecule has 3 saturated carbocycles. The molecule has 37 heavy (non-hydrogen) atoms. The molecular formula is C28H32F2N2O5. The monoisotopic (exact) mass is 514 g/mol. The number of ketones is 2. The summed E-state index contributed by atoms with van der Waals surface area (Å²) in [7, 11) is 0. The summed E-state index contributed by atoms with van der Waals surface area (Å²) in [6.45, 7) is 3.32. The van der Waals surface area contributed by atoms with Crippen LogP contribution < -0.4 is 0 Å². The standard InChI is InChI=1S/C28H32F2N2O5/c1-25-7-6-18(34)10-21(25)22(29)11-20-19-9-16-13-32(14-17-5-3-4-8-31-17)37-28(16,24(36)15-33)26(19,2)12-23(35)27(20,25)30/h3-8,10,16,19-20,22-23,33,35H,9,11-15H2,1-2H3. The van der Waals surface area contributed by atoms with Gasteiger partial charge in [-0.2, -0.15) is 5.06 Å². The largest absolute Gasteiger partial charge is 0.390 e. The van der Waals surface area contributed by atoms with E-state index < -0.39 is 64.4 Å². The summed E-state index contributed by atoms with van der Waals surface area (Å²) in [5.41, 5.74) is -5.40. The maximum Gasteiger partial charge on any atom is 0.192 e. The van der Waals surface area contributed by atoms with Crippen molar-refractivity contribution in [3.8, 4) is 0 Å². The van der Waals surface area contributed by atoms with Gasteiger partial charge in [0.2, 0.25) is 0 Å². The van der Waals surface area contributed by atoms with Crippen LogP contribution in [0.25, 0.3) is 0 Å². The van der Waals surface area contributed by atoms with E-state index in [-0.39, 0.29) is 24.3 Å². The van der Waals surface area contributed by atoms with Gasteiger partial charge in [-0.15, -0.1) is 0 Å². The number of hydroxylamine groups is 2. The Labute approximate surface area is 214 Å². The highest BCUT2D eigenvalue weighted by Gasteiger charge is 2.79. The molecule has 0 bridgehead atoms. The summed E-state index contributed by atoms with van der Waals surface area (Å²) in [4.78, 5) is 36.3. The molecule has 0 spiro atoms. The molecule has 9 heteroatoms. The Hall–Kier alpha value is -2.33. The summed E-state index contributed by atoms with van der Waals surface area (Å²) in [5.74, 6) is -2.64. The van der Waals surface area contributed by atoms with Gasteiger partial charge in [-0.3, -0.25) is 19.4 Å². The molecule has 5 aliphatic rings. The van der Waals surface area contributed by atoms with Crippen LogP contribution in [-0.4, -0.2) is 68.5 Å². The lowest BCUT2D eigenvalue weighted by molar-refractivity contribution is -0.269. The molecule has 4 aliphatic carbocycles. The Morgan fingerprint density at radius 2 is 2.05 bits per heavy atom. The second-order valence-electron chi connectivity index (χ2n) is 11.8. The Morgan fingerprint density at radius 1 is 1.27 bits per heavy atom. The second-order valence-corrected chi connectivity index (χ2v) is 11.8. The normalized spacial score (nSPS) is 46.6. The third kappa shape index (κ3) is 3.02. The van der Waals surface area contributed by atoms with E-state index in [1.165, 1.54) is 18.2 Å². The number of halogens is 2. The molecule has 0 radical (unpaired) electrons. The van der Waals surface area contributed by atoms with Crippen LogP contribution in [-0.2, 0) is 21.0 Å². The maximum absolute atomic E-state index is 17.4. The number of aliphatic hydroxyl groups excluding tert-OH is 2. The van der Waals surface area contributed by atoms with Gasteiger partial charge in [0.25, 0.3) is 0 Å². The van der Waals surface area contributed by atoms with E-state index in [1.54, 1.807) is 24.3 Å². The third-order valence-corrected chi connectivity index (χ3v) is 10.3. The van der Waals surface area contributed by atoms with Crippen molar-refractivity contribution < 1.29 is 33.4 Å². The molecule has 1 aromatic heterocycles. The smallest absolute Gasteiger partial charge is 0.192 e. The summed E-state index contributed by atoms with van der Waals surface area (Å²) >= 11 is 0. The predicted molar refractivity (Wildman–Crippen MR) is 128 cm³/mol. The SMILES string of the molecule is CC12C=CC(=O)C=C1C(F)CC1C3CC4CN(Cc5ccccn5)OC4(C(=O)CO)C3(C)CC(O)C12F. The molecule has 4 fully saturated rings. The molecule has 9 atom stereocenters. The lowest BCUT2D eigenvalue weighted by Crippen LogP contribution is -2.70. The summed E-state index contributed by atoms with van der Waals surface area (Å²) < 4.78 is 33.0. The van der Waals surface area contributed by atoms with E-state index in [9.17, 15) is 19.8 Å². The van der Waals surface area contributed by atoms with E-state index in [2.05, 4.69) is 4.98 Å². The number of pyridine rings is 1. The molecule has 0 aromatic carbocycles. The van der Waals surface area contributed by atoms with Crippen molar-refractivity contribution in [2.45, 2.75) is 63.2 Å². The first-order chi connectivity index (χ1) is 17.5. The zero-order valence-corrected chi connectivity index (χ0v) is 20.9. The average Bonchev–Trinajstić information content (AvgIpc) is 3.34. The van der Waals surface area contributed by atoms with Gasteiger partial charge in [-0.05, 0) is 62.0 Å². The van der Waals surface area contributed by atoms with E-state index in [4.69, 9.17) is 4.84 Å². The predicted octanol–water partition coefficient (Wildman–Crippen LogP) is 2.67. The number of fused-ring (bicyclic) bond motifs is 7. The first-order valence-corrected chi connectivity index (χ1v) is 13.0. The zero-order valence-electron chi connectivity index (χ0n) is 20.9. The molecular weight excluding hydrogens is 482 g/mol. The fourth-order valence-corrected chi connectivity index (χ4v) is 8.71. The van der Waals surface area contributed by atoms with Gasteiger partial charge in [0, 0.05) is 35.4 Å². The quantitative estimate of drug-likeness (QED) is 0.637. The molecule has 1 aliphatic heterocycles. The topological polar surface area (TPSA) is 100.0 Å². The number of alkyl halides is 2. The number of carbonyl (C=O) groups excluding carboxylic acids is 2. The second kappa shape index (κ2) is 8.09. The fraction of sp³-hybridized carbons (Fsp3) is 0.607. The highest BCUT2D eigenvalue weighted by molar-refractivity contribution is 6.01. The molecule has 1 saturated heterocycles. The fourth-order valence-electron chi connectivity index (χ4n) is 8.71. The van der Waals surface area contributed by atoms with Crippen LogP contribution in [0.15, 0.2) is 48.2 Å². The van der Waals surface area contributed by atoms with E-state index in [0.29, 0.717) is 19.5 Å². The number of rotatable bonds is 4. The van der Waals surface area contributed by atoms with Crippen LogP contribution in [0.2, 0.25) is 0 Å². The van der Waals surface area contributed by atoms with Crippen molar-refractivity contribution >= 4 is 11.6 Å². The number of hydrogen-bond acceptors (Lipinski definition) is 7. The Morgan fingerprint density at radius 3 is 2.76 bits per heavy atom. The summed E-state index contributed by atoms with van der Waals surface area (Å²) in [5, 5.41) is 23.2. The van der Waals surface area contributed by atoms with Crippen LogP contribution in [0.3, 0.4) is 0 Å². The van der Waals surface area contributed by atoms with E-state index in [1.807, 2.05) is 19.1 Å².